The van der Waals surface area contributed by atoms with Crippen LogP contribution in [0.5, 0.6) is 0 Å². The van der Waals surface area contributed by atoms with Crippen molar-refractivity contribution in [2.75, 3.05) is 12.4 Å². The van der Waals surface area contributed by atoms with E-state index in [-0.39, 0.29) is 0 Å². The van der Waals surface area contributed by atoms with Crippen molar-refractivity contribution in [2.45, 2.75) is 6.92 Å². The minimum atomic E-state index is 0.621. The third-order valence-electron chi connectivity index (χ3n) is 1.66. The Balaban J connectivity index is 2.79. The van der Waals surface area contributed by atoms with Gasteiger partial charge in [-0.05, 0) is 36.8 Å². The summed E-state index contributed by atoms with van der Waals surface area (Å²) >= 11 is 8.43. The fourth-order valence-corrected chi connectivity index (χ4v) is 1.36. The maximum Gasteiger partial charge on any atom is 0.170 e. The number of benzene rings is 1. The molecule has 0 aliphatic rings. The first-order valence-corrected chi connectivity index (χ1v) is 5.08. The number of nitrogens with one attached hydrogen (secondary N) is 2. The average Bonchev–Trinajstić information content (AvgIpc) is 2.11. The number of halogens is 1. The van der Waals surface area contributed by atoms with Gasteiger partial charge in [-0.25, -0.2) is 0 Å². The van der Waals surface area contributed by atoms with E-state index < -0.39 is 0 Å². The second-order valence-corrected chi connectivity index (χ2v) is 3.93. The van der Waals surface area contributed by atoms with Crippen LogP contribution in [0.15, 0.2) is 22.7 Å². The predicted octanol–water partition coefficient (Wildman–Crippen LogP) is 2.67. The molecule has 13 heavy (non-hydrogen) atoms. The zero-order chi connectivity index (χ0) is 9.84. The molecule has 0 heterocycles. The highest BCUT2D eigenvalue weighted by atomic mass is 79.9. The van der Waals surface area contributed by atoms with Crippen LogP contribution in [-0.2, 0) is 0 Å². The Morgan fingerprint density at radius 3 is 2.69 bits per heavy atom. The van der Waals surface area contributed by atoms with Crippen LogP contribution in [0.1, 0.15) is 5.56 Å². The molecule has 1 aromatic rings. The van der Waals surface area contributed by atoms with Gasteiger partial charge in [0, 0.05) is 17.2 Å². The fraction of sp³-hybridized carbons (Fsp3) is 0.222. The van der Waals surface area contributed by atoms with E-state index in [9.17, 15) is 0 Å². The van der Waals surface area contributed by atoms with E-state index in [4.69, 9.17) is 12.2 Å². The third kappa shape index (κ3) is 2.97. The maximum absolute atomic E-state index is 4.98. The van der Waals surface area contributed by atoms with Crippen molar-refractivity contribution in [3.8, 4) is 0 Å². The van der Waals surface area contributed by atoms with Crippen LogP contribution in [0.25, 0.3) is 0 Å². The normalized spacial score (nSPS) is 9.46. The monoisotopic (exact) mass is 258 g/mol. The van der Waals surface area contributed by atoms with E-state index in [0.717, 1.165) is 10.2 Å². The van der Waals surface area contributed by atoms with Crippen molar-refractivity contribution in [1.82, 2.24) is 5.32 Å². The van der Waals surface area contributed by atoms with E-state index in [1.807, 2.05) is 25.1 Å². The summed E-state index contributed by atoms with van der Waals surface area (Å²) < 4.78 is 1.08. The minimum Gasteiger partial charge on any atom is -0.366 e. The Labute approximate surface area is 91.9 Å². The van der Waals surface area contributed by atoms with Gasteiger partial charge in [0.1, 0.15) is 0 Å². The van der Waals surface area contributed by atoms with Crippen molar-refractivity contribution in [2.24, 2.45) is 0 Å². The summed E-state index contributed by atoms with van der Waals surface area (Å²) in [6.07, 6.45) is 0. The van der Waals surface area contributed by atoms with Gasteiger partial charge in [0.05, 0.1) is 0 Å². The van der Waals surface area contributed by atoms with E-state index in [2.05, 4.69) is 26.6 Å². The molecule has 0 fully saturated rings. The lowest BCUT2D eigenvalue weighted by Gasteiger charge is -2.07. The lowest BCUT2D eigenvalue weighted by molar-refractivity contribution is 1.20. The largest absolute Gasteiger partial charge is 0.366 e. The highest BCUT2D eigenvalue weighted by molar-refractivity contribution is 9.10. The number of hydrogen-bond donors (Lipinski definition) is 2. The van der Waals surface area contributed by atoms with Crippen LogP contribution in [0, 0.1) is 6.92 Å². The molecule has 0 atom stereocenters. The van der Waals surface area contributed by atoms with E-state index in [1.165, 1.54) is 5.56 Å². The maximum atomic E-state index is 4.98. The summed E-state index contributed by atoms with van der Waals surface area (Å²) in [5, 5.41) is 6.52. The van der Waals surface area contributed by atoms with E-state index in [1.54, 1.807) is 7.05 Å². The van der Waals surface area contributed by atoms with Crippen LogP contribution < -0.4 is 10.6 Å². The Hall–Kier alpha value is -0.610. The summed E-state index contributed by atoms with van der Waals surface area (Å²) in [5.74, 6) is 0. The van der Waals surface area contributed by atoms with Crippen LogP contribution in [-0.4, -0.2) is 12.2 Å². The van der Waals surface area contributed by atoms with E-state index in [0.29, 0.717) is 5.11 Å². The summed E-state index contributed by atoms with van der Waals surface area (Å²) in [7, 11) is 1.79. The molecule has 0 bridgehead atoms. The van der Waals surface area contributed by atoms with Crippen molar-refractivity contribution < 1.29 is 0 Å². The molecule has 0 amide bonds. The van der Waals surface area contributed by atoms with Gasteiger partial charge in [0.25, 0.3) is 0 Å². The standard InChI is InChI=1S/C9H11BrN2S/c1-6-3-4-7(5-8(6)10)12-9(13)11-2/h3-5H,1-2H3,(H2,11,12,13). The van der Waals surface area contributed by atoms with Gasteiger partial charge in [0.2, 0.25) is 0 Å². The molecule has 0 saturated carbocycles. The summed E-state index contributed by atoms with van der Waals surface area (Å²) in [5.41, 5.74) is 2.19. The van der Waals surface area contributed by atoms with Gasteiger partial charge in [-0.1, -0.05) is 22.0 Å². The van der Waals surface area contributed by atoms with Gasteiger partial charge < -0.3 is 10.6 Å². The Morgan fingerprint density at radius 2 is 2.15 bits per heavy atom. The van der Waals surface area contributed by atoms with Crippen LogP contribution >= 0.6 is 28.1 Å². The average molecular weight is 259 g/mol. The lowest BCUT2D eigenvalue weighted by Crippen LogP contribution is -2.24. The van der Waals surface area contributed by atoms with Crippen LogP contribution in [0.4, 0.5) is 5.69 Å². The summed E-state index contributed by atoms with van der Waals surface area (Å²) in [4.78, 5) is 0. The number of thiocarbonyl (C=S) groups is 1. The molecule has 0 aliphatic heterocycles. The van der Waals surface area contributed by atoms with Gasteiger partial charge >= 0.3 is 0 Å². The topological polar surface area (TPSA) is 24.1 Å². The SMILES string of the molecule is CNC(=S)Nc1ccc(C)c(Br)c1. The number of rotatable bonds is 1. The number of aryl methyl sites for hydroxylation is 1. The molecule has 0 spiro atoms. The summed E-state index contributed by atoms with van der Waals surface area (Å²) in [6, 6.07) is 6.02. The van der Waals surface area contributed by atoms with Gasteiger partial charge in [-0.2, -0.15) is 0 Å². The second-order valence-electron chi connectivity index (χ2n) is 2.67. The first kappa shape index (κ1) is 10.5. The molecule has 0 aliphatic carbocycles. The van der Waals surface area contributed by atoms with Crippen molar-refractivity contribution in [1.29, 1.82) is 0 Å². The molecule has 0 radical (unpaired) electrons. The van der Waals surface area contributed by atoms with Crippen molar-refractivity contribution in [3.63, 3.8) is 0 Å². The zero-order valence-corrected chi connectivity index (χ0v) is 9.92. The number of hydrogen-bond acceptors (Lipinski definition) is 1. The molecule has 2 nitrogen and oxygen atoms in total. The van der Waals surface area contributed by atoms with Crippen molar-refractivity contribution >= 4 is 38.9 Å². The molecule has 0 aromatic heterocycles. The Morgan fingerprint density at radius 1 is 1.46 bits per heavy atom. The van der Waals surface area contributed by atoms with Gasteiger partial charge in [-0.15, -0.1) is 0 Å². The molecule has 0 saturated heterocycles. The zero-order valence-electron chi connectivity index (χ0n) is 7.52. The molecule has 1 aromatic carbocycles. The highest BCUT2D eigenvalue weighted by Crippen LogP contribution is 2.20. The predicted molar refractivity (Wildman–Crippen MR) is 64.2 cm³/mol. The lowest BCUT2D eigenvalue weighted by atomic mass is 10.2. The molecule has 1 rings (SSSR count). The molecule has 70 valence electrons. The first-order valence-electron chi connectivity index (χ1n) is 3.88. The smallest absolute Gasteiger partial charge is 0.170 e. The highest BCUT2D eigenvalue weighted by Gasteiger charge is 1.97. The molecule has 2 N–H and O–H groups in total. The van der Waals surface area contributed by atoms with E-state index >= 15 is 0 Å². The minimum absolute atomic E-state index is 0.621. The molecule has 0 unspecified atom stereocenters. The Bertz CT molecular complexity index is 325. The molecular formula is C9H11BrN2S. The van der Waals surface area contributed by atoms with Crippen LogP contribution in [0.2, 0.25) is 0 Å². The fourth-order valence-electron chi connectivity index (χ4n) is 0.864. The quantitative estimate of drug-likeness (QED) is 0.758. The molecular weight excluding hydrogens is 248 g/mol. The third-order valence-corrected chi connectivity index (χ3v) is 2.82. The first-order chi connectivity index (χ1) is 6.13. The Kier molecular flexibility index (Phi) is 3.69. The van der Waals surface area contributed by atoms with Gasteiger partial charge in [-0.3, -0.25) is 0 Å². The number of anilines is 1. The van der Waals surface area contributed by atoms with Crippen molar-refractivity contribution in [3.05, 3.63) is 28.2 Å². The molecule has 4 heteroatoms. The van der Waals surface area contributed by atoms with Gasteiger partial charge in [0.15, 0.2) is 5.11 Å². The van der Waals surface area contributed by atoms with Crippen LogP contribution in [0.3, 0.4) is 0 Å². The second kappa shape index (κ2) is 4.58. The summed E-state index contributed by atoms with van der Waals surface area (Å²) in [6.45, 7) is 2.05.